The number of ether oxygens (including phenoxy) is 1. The summed E-state index contributed by atoms with van der Waals surface area (Å²) in [7, 11) is 0. The van der Waals surface area contributed by atoms with E-state index in [0.717, 1.165) is 24.1 Å². The van der Waals surface area contributed by atoms with Crippen LogP contribution in [0.1, 0.15) is 55.6 Å². The number of aromatic nitrogens is 2. The number of nitrogens with two attached hydrogens (primary N) is 1. The van der Waals surface area contributed by atoms with Gasteiger partial charge in [-0.2, -0.15) is 0 Å². The van der Waals surface area contributed by atoms with E-state index in [1.54, 1.807) is 35.5 Å². The molecule has 3 rings (SSSR count). The molecule has 28 heavy (non-hydrogen) atoms. The van der Waals surface area contributed by atoms with Crippen LogP contribution in [-0.2, 0) is 4.74 Å². The first-order valence-corrected chi connectivity index (χ1v) is 9.43. The molecule has 0 aliphatic carbocycles. The van der Waals surface area contributed by atoms with E-state index < -0.39 is 11.5 Å². The number of carbonyl (C=O) groups excluding carboxylic acids is 2. The van der Waals surface area contributed by atoms with Crippen molar-refractivity contribution in [3.05, 3.63) is 47.9 Å². The highest BCUT2D eigenvalue weighted by molar-refractivity contribution is 5.93. The fourth-order valence-corrected chi connectivity index (χ4v) is 3.26. The Labute approximate surface area is 164 Å². The summed E-state index contributed by atoms with van der Waals surface area (Å²) in [5.74, 6) is -0.390. The van der Waals surface area contributed by atoms with Crippen LogP contribution in [0.2, 0.25) is 0 Å². The van der Waals surface area contributed by atoms with Crippen LogP contribution in [0, 0.1) is 0 Å². The number of carbonyl (C=O) groups is 2. The maximum absolute atomic E-state index is 12.4. The fraction of sp³-hybridized carbons (Fsp3) is 0.429. The van der Waals surface area contributed by atoms with E-state index in [2.05, 4.69) is 4.98 Å². The molecule has 1 saturated heterocycles. The lowest BCUT2D eigenvalue weighted by molar-refractivity contribution is 0.0197. The van der Waals surface area contributed by atoms with Crippen LogP contribution in [0.5, 0.6) is 0 Å². The fourth-order valence-electron chi connectivity index (χ4n) is 3.26. The molecule has 1 aromatic carbocycles. The lowest BCUT2D eigenvalue weighted by Crippen LogP contribution is -2.42. The smallest absolute Gasteiger partial charge is 0.410 e. The van der Waals surface area contributed by atoms with Crippen molar-refractivity contribution in [3.63, 3.8) is 0 Å². The summed E-state index contributed by atoms with van der Waals surface area (Å²) in [6, 6.07) is 7.02. The van der Waals surface area contributed by atoms with Crippen molar-refractivity contribution in [1.82, 2.24) is 14.9 Å². The predicted molar refractivity (Wildman–Crippen MR) is 106 cm³/mol. The van der Waals surface area contributed by atoms with Gasteiger partial charge in [0.25, 0.3) is 0 Å². The van der Waals surface area contributed by atoms with E-state index in [9.17, 15) is 9.59 Å². The van der Waals surface area contributed by atoms with Crippen molar-refractivity contribution in [3.8, 4) is 11.3 Å². The van der Waals surface area contributed by atoms with Crippen molar-refractivity contribution in [2.75, 3.05) is 13.1 Å². The van der Waals surface area contributed by atoms with Crippen molar-refractivity contribution in [1.29, 1.82) is 0 Å². The average molecular weight is 382 g/mol. The highest BCUT2D eigenvalue weighted by Crippen LogP contribution is 2.28. The molecule has 2 amide bonds. The third-order valence-corrected chi connectivity index (χ3v) is 4.59. The van der Waals surface area contributed by atoms with Gasteiger partial charge in [-0.1, -0.05) is 12.1 Å². The first-order valence-electron chi connectivity index (χ1n) is 9.43. The standard InChI is InChI=1S/C21H26N4O3/c1-21(2,3)28-20(27)25-9-5-8-16(13-25)18-12-23-11-17(24-18)14-6-4-7-15(10-14)19(22)26/h4,6-7,10-12,16H,5,8-9,13H2,1-3H3,(H2,22,26). The van der Waals surface area contributed by atoms with Crippen molar-refractivity contribution in [2.45, 2.75) is 45.1 Å². The molecule has 1 aliphatic heterocycles. The van der Waals surface area contributed by atoms with Crippen LogP contribution in [0.25, 0.3) is 11.3 Å². The summed E-state index contributed by atoms with van der Waals surface area (Å²) in [5.41, 5.74) is 7.57. The number of nitrogens with zero attached hydrogens (tertiary/aromatic N) is 3. The molecule has 0 saturated carbocycles. The molecule has 1 unspecified atom stereocenters. The first kappa shape index (κ1) is 19.8. The Bertz CT molecular complexity index is 876. The zero-order valence-corrected chi connectivity index (χ0v) is 16.5. The molecule has 1 fully saturated rings. The Morgan fingerprint density at radius 2 is 2.04 bits per heavy atom. The number of benzene rings is 1. The molecule has 1 atom stereocenters. The minimum atomic E-state index is -0.519. The van der Waals surface area contributed by atoms with Gasteiger partial charge in [-0.15, -0.1) is 0 Å². The summed E-state index contributed by atoms with van der Waals surface area (Å²) in [6.45, 7) is 6.82. The number of piperidine rings is 1. The van der Waals surface area contributed by atoms with Crippen molar-refractivity contribution >= 4 is 12.0 Å². The lowest BCUT2D eigenvalue weighted by Gasteiger charge is -2.33. The van der Waals surface area contributed by atoms with Gasteiger partial charge in [-0.05, 0) is 45.7 Å². The van der Waals surface area contributed by atoms with Gasteiger partial charge in [0.15, 0.2) is 0 Å². The molecular weight excluding hydrogens is 356 g/mol. The zero-order chi connectivity index (χ0) is 20.3. The average Bonchev–Trinajstić information content (AvgIpc) is 2.67. The Kier molecular flexibility index (Phi) is 5.63. The van der Waals surface area contributed by atoms with Gasteiger partial charge in [0.05, 0.1) is 17.6 Å². The minimum absolute atomic E-state index is 0.0908. The maximum atomic E-state index is 12.4. The number of hydrogen-bond donors (Lipinski definition) is 1. The second-order valence-corrected chi connectivity index (χ2v) is 8.04. The molecule has 1 aromatic heterocycles. The van der Waals surface area contributed by atoms with E-state index >= 15 is 0 Å². The Hall–Kier alpha value is -2.96. The number of hydrogen-bond acceptors (Lipinski definition) is 5. The topological polar surface area (TPSA) is 98.4 Å². The summed E-state index contributed by atoms with van der Waals surface area (Å²) < 4.78 is 5.50. The van der Waals surface area contributed by atoms with Crippen molar-refractivity contribution < 1.29 is 14.3 Å². The third-order valence-electron chi connectivity index (χ3n) is 4.59. The summed E-state index contributed by atoms with van der Waals surface area (Å²) in [5, 5.41) is 0. The van der Waals surface area contributed by atoms with Gasteiger partial charge in [-0.3, -0.25) is 9.78 Å². The predicted octanol–water partition coefficient (Wildman–Crippen LogP) is 3.36. The highest BCUT2D eigenvalue weighted by Gasteiger charge is 2.29. The molecule has 1 aliphatic rings. The zero-order valence-electron chi connectivity index (χ0n) is 16.5. The largest absolute Gasteiger partial charge is 0.444 e. The van der Waals surface area contributed by atoms with Crippen LogP contribution in [-0.4, -0.2) is 45.6 Å². The summed E-state index contributed by atoms with van der Waals surface area (Å²) >= 11 is 0. The van der Waals surface area contributed by atoms with Crippen LogP contribution < -0.4 is 5.73 Å². The number of primary amides is 1. The summed E-state index contributed by atoms with van der Waals surface area (Å²) in [6.07, 6.45) is 4.92. The van der Waals surface area contributed by atoms with E-state index in [1.165, 1.54) is 0 Å². The molecular formula is C21H26N4O3. The van der Waals surface area contributed by atoms with Crippen LogP contribution in [0.4, 0.5) is 4.79 Å². The number of amides is 2. The van der Waals surface area contributed by atoms with Gasteiger partial charge in [0.1, 0.15) is 5.60 Å². The van der Waals surface area contributed by atoms with E-state index in [-0.39, 0.29) is 12.0 Å². The number of rotatable bonds is 3. The van der Waals surface area contributed by atoms with E-state index in [0.29, 0.717) is 24.3 Å². The van der Waals surface area contributed by atoms with Crippen LogP contribution >= 0.6 is 0 Å². The second kappa shape index (κ2) is 7.96. The Morgan fingerprint density at radius 3 is 2.75 bits per heavy atom. The molecule has 2 heterocycles. The molecule has 148 valence electrons. The van der Waals surface area contributed by atoms with E-state index in [1.807, 2.05) is 26.8 Å². The molecule has 0 radical (unpaired) electrons. The SMILES string of the molecule is CC(C)(C)OC(=O)N1CCCC(c2cncc(-c3cccc(C(N)=O)c3)n2)C1. The first-order chi connectivity index (χ1) is 13.2. The molecule has 7 nitrogen and oxygen atoms in total. The summed E-state index contributed by atoms with van der Waals surface area (Å²) in [4.78, 5) is 34.6. The van der Waals surface area contributed by atoms with Gasteiger partial charge in [0, 0.05) is 36.3 Å². The lowest BCUT2D eigenvalue weighted by atomic mass is 9.95. The van der Waals surface area contributed by atoms with E-state index in [4.69, 9.17) is 15.5 Å². The third kappa shape index (κ3) is 4.85. The molecule has 2 aromatic rings. The molecule has 2 N–H and O–H groups in total. The number of likely N-dealkylation sites (tertiary alicyclic amines) is 1. The maximum Gasteiger partial charge on any atom is 0.410 e. The molecule has 0 bridgehead atoms. The van der Waals surface area contributed by atoms with Crippen molar-refractivity contribution in [2.24, 2.45) is 5.73 Å². The Balaban J connectivity index is 1.79. The quantitative estimate of drug-likeness (QED) is 0.878. The highest BCUT2D eigenvalue weighted by atomic mass is 16.6. The minimum Gasteiger partial charge on any atom is -0.444 e. The monoisotopic (exact) mass is 382 g/mol. The molecule has 7 heteroatoms. The van der Waals surface area contributed by atoms with Gasteiger partial charge in [-0.25, -0.2) is 9.78 Å². The van der Waals surface area contributed by atoms with Gasteiger partial charge in [0.2, 0.25) is 5.91 Å². The van der Waals surface area contributed by atoms with Gasteiger partial charge >= 0.3 is 6.09 Å². The van der Waals surface area contributed by atoms with Crippen LogP contribution in [0.15, 0.2) is 36.7 Å². The normalized spacial score (nSPS) is 17.2. The Morgan fingerprint density at radius 1 is 1.25 bits per heavy atom. The molecule has 0 spiro atoms. The van der Waals surface area contributed by atoms with Gasteiger partial charge < -0.3 is 15.4 Å². The van der Waals surface area contributed by atoms with Crippen LogP contribution in [0.3, 0.4) is 0 Å². The second-order valence-electron chi connectivity index (χ2n) is 8.04.